The molecule has 0 aliphatic rings. The zero-order chi connectivity index (χ0) is 8.81. The molecule has 12 heavy (non-hydrogen) atoms. The van der Waals surface area contributed by atoms with Crippen molar-refractivity contribution >= 4 is 6.01 Å². The van der Waals surface area contributed by atoms with Gasteiger partial charge in [-0.05, 0) is 6.42 Å². The molecular weight excluding hydrogens is 158 g/mol. The maximum atomic E-state index is 4.92. The summed E-state index contributed by atoms with van der Waals surface area (Å²) >= 11 is 0. The van der Waals surface area contributed by atoms with Crippen molar-refractivity contribution in [2.45, 2.75) is 6.42 Å². The molecule has 0 spiro atoms. The molecule has 1 aromatic heterocycles. The van der Waals surface area contributed by atoms with Crippen molar-refractivity contribution in [2.75, 3.05) is 32.2 Å². The monoisotopic (exact) mass is 171 g/mol. The molecular formula is C7H13N3O2. The van der Waals surface area contributed by atoms with Gasteiger partial charge in [0.15, 0.2) is 6.33 Å². The number of hydrogen-bond donors (Lipinski definition) is 0. The number of hydrogen-bond acceptors (Lipinski definition) is 5. The number of ether oxygens (including phenoxy) is 1. The van der Waals surface area contributed by atoms with Gasteiger partial charge in [-0.3, -0.25) is 0 Å². The molecule has 1 heterocycles. The summed E-state index contributed by atoms with van der Waals surface area (Å²) in [6, 6.07) is 0.547. The van der Waals surface area contributed by atoms with Crippen LogP contribution >= 0.6 is 0 Å². The molecule has 0 aromatic carbocycles. The van der Waals surface area contributed by atoms with E-state index < -0.39 is 0 Å². The first-order chi connectivity index (χ1) is 5.84. The Hall–Kier alpha value is -1.10. The first-order valence-corrected chi connectivity index (χ1v) is 3.81. The van der Waals surface area contributed by atoms with Crippen LogP contribution in [0, 0.1) is 0 Å². The summed E-state index contributed by atoms with van der Waals surface area (Å²) in [6.45, 7) is 1.61. The van der Waals surface area contributed by atoms with Gasteiger partial charge in [-0.25, -0.2) is 0 Å². The third-order valence-electron chi connectivity index (χ3n) is 1.52. The van der Waals surface area contributed by atoms with Crippen molar-refractivity contribution in [3.63, 3.8) is 0 Å². The van der Waals surface area contributed by atoms with Crippen LogP contribution in [0.1, 0.15) is 6.42 Å². The van der Waals surface area contributed by atoms with Crippen molar-refractivity contribution < 1.29 is 9.26 Å². The predicted octanol–water partition coefficient (Wildman–Crippen LogP) is 0.542. The van der Waals surface area contributed by atoms with Crippen LogP contribution in [-0.4, -0.2) is 37.4 Å². The summed E-state index contributed by atoms with van der Waals surface area (Å²) in [5, 5.41) is 3.51. The van der Waals surface area contributed by atoms with Gasteiger partial charge in [0.05, 0.1) is 0 Å². The molecule has 68 valence electrons. The van der Waals surface area contributed by atoms with Crippen LogP contribution in [0.2, 0.25) is 0 Å². The minimum Gasteiger partial charge on any atom is -0.385 e. The number of aromatic nitrogens is 2. The molecule has 5 heteroatoms. The van der Waals surface area contributed by atoms with Gasteiger partial charge in [-0.15, -0.1) is 0 Å². The van der Waals surface area contributed by atoms with E-state index in [9.17, 15) is 0 Å². The third-order valence-corrected chi connectivity index (χ3v) is 1.52. The Morgan fingerprint density at radius 2 is 2.50 bits per heavy atom. The average molecular weight is 171 g/mol. The molecule has 0 unspecified atom stereocenters. The first-order valence-electron chi connectivity index (χ1n) is 3.81. The highest BCUT2D eigenvalue weighted by Gasteiger charge is 2.04. The Balaban J connectivity index is 2.25. The fourth-order valence-corrected chi connectivity index (χ4v) is 0.877. The van der Waals surface area contributed by atoms with E-state index in [1.54, 1.807) is 7.11 Å². The SMILES string of the molecule is COCCCN(C)c1ncno1. The van der Waals surface area contributed by atoms with Crippen LogP contribution in [0.4, 0.5) is 6.01 Å². The van der Waals surface area contributed by atoms with Crippen LogP contribution in [0.5, 0.6) is 0 Å². The second kappa shape index (κ2) is 4.71. The van der Waals surface area contributed by atoms with E-state index in [-0.39, 0.29) is 0 Å². The fraction of sp³-hybridized carbons (Fsp3) is 0.714. The largest absolute Gasteiger partial charge is 0.385 e. The minimum absolute atomic E-state index is 0.547. The molecule has 0 amide bonds. The van der Waals surface area contributed by atoms with Gasteiger partial charge >= 0.3 is 6.01 Å². The zero-order valence-corrected chi connectivity index (χ0v) is 7.36. The molecule has 5 nitrogen and oxygen atoms in total. The van der Waals surface area contributed by atoms with Crippen LogP contribution in [0.15, 0.2) is 10.9 Å². The highest BCUT2D eigenvalue weighted by atomic mass is 16.5. The Bertz CT molecular complexity index is 200. The molecule has 0 bridgehead atoms. The molecule has 0 aliphatic carbocycles. The first kappa shape index (κ1) is 8.99. The molecule has 0 radical (unpaired) electrons. The van der Waals surface area contributed by atoms with Crippen LogP contribution in [0.25, 0.3) is 0 Å². The van der Waals surface area contributed by atoms with Gasteiger partial charge in [-0.1, -0.05) is 5.16 Å². The van der Waals surface area contributed by atoms with E-state index in [0.29, 0.717) is 6.01 Å². The van der Waals surface area contributed by atoms with Gasteiger partial charge < -0.3 is 14.2 Å². The second-order valence-electron chi connectivity index (χ2n) is 2.49. The topological polar surface area (TPSA) is 51.4 Å². The number of anilines is 1. The van der Waals surface area contributed by atoms with Gasteiger partial charge in [0.1, 0.15) is 0 Å². The molecule has 1 aromatic rings. The van der Waals surface area contributed by atoms with E-state index in [2.05, 4.69) is 10.1 Å². The predicted molar refractivity (Wildman–Crippen MR) is 44.1 cm³/mol. The lowest BCUT2D eigenvalue weighted by molar-refractivity contribution is 0.196. The Kier molecular flexibility index (Phi) is 3.53. The average Bonchev–Trinajstić information content (AvgIpc) is 2.56. The second-order valence-corrected chi connectivity index (χ2v) is 2.49. The number of nitrogens with zero attached hydrogens (tertiary/aromatic N) is 3. The standard InChI is InChI=1S/C7H13N3O2/c1-10(4-3-5-11-2)7-8-6-9-12-7/h6H,3-5H2,1-2H3. The van der Waals surface area contributed by atoms with Crippen LogP contribution in [0.3, 0.4) is 0 Å². The third kappa shape index (κ3) is 2.50. The summed E-state index contributed by atoms with van der Waals surface area (Å²) in [6.07, 6.45) is 2.34. The van der Waals surface area contributed by atoms with Crippen LogP contribution in [-0.2, 0) is 4.74 Å². The van der Waals surface area contributed by atoms with Crippen molar-refractivity contribution in [2.24, 2.45) is 0 Å². The van der Waals surface area contributed by atoms with Crippen molar-refractivity contribution in [3.8, 4) is 0 Å². The molecule has 0 fully saturated rings. The molecule has 0 aliphatic heterocycles. The minimum atomic E-state index is 0.547. The van der Waals surface area contributed by atoms with E-state index >= 15 is 0 Å². The number of methoxy groups -OCH3 is 1. The van der Waals surface area contributed by atoms with Gasteiger partial charge in [0, 0.05) is 27.3 Å². The van der Waals surface area contributed by atoms with E-state index in [1.807, 2.05) is 11.9 Å². The summed E-state index contributed by atoms with van der Waals surface area (Å²) in [5.74, 6) is 0. The van der Waals surface area contributed by atoms with Gasteiger partial charge in [0.2, 0.25) is 0 Å². The lowest BCUT2D eigenvalue weighted by Crippen LogP contribution is -2.19. The quantitative estimate of drug-likeness (QED) is 0.605. The molecule has 0 atom stereocenters. The molecule has 0 saturated heterocycles. The fourth-order valence-electron chi connectivity index (χ4n) is 0.877. The van der Waals surface area contributed by atoms with E-state index in [1.165, 1.54) is 6.33 Å². The highest BCUT2D eigenvalue weighted by molar-refractivity contribution is 5.20. The zero-order valence-electron chi connectivity index (χ0n) is 7.36. The van der Waals surface area contributed by atoms with Crippen molar-refractivity contribution in [1.82, 2.24) is 10.1 Å². The van der Waals surface area contributed by atoms with E-state index in [4.69, 9.17) is 9.26 Å². The summed E-state index contributed by atoms with van der Waals surface area (Å²) in [5.41, 5.74) is 0. The summed E-state index contributed by atoms with van der Waals surface area (Å²) in [7, 11) is 3.59. The Morgan fingerprint density at radius 3 is 3.08 bits per heavy atom. The van der Waals surface area contributed by atoms with Gasteiger partial charge in [-0.2, -0.15) is 4.98 Å². The molecule has 0 N–H and O–H groups in total. The maximum absolute atomic E-state index is 4.92. The Labute approximate surface area is 71.3 Å². The van der Waals surface area contributed by atoms with Crippen molar-refractivity contribution in [1.29, 1.82) is 0 Å². The smallest absolute Gasteiger partial charge is 0.323 e. The highest BCUT2D eigenvalue weighted by Crippen LogP contribution is 2.05. The molecule has 0 saturated carbocycles. The summed E-state index contributed by atoms with van der Waals surface area (Å²) < 4.78 is 9.77. The van der Waals surface area contributed by atoms with Gasteiger partial charge in [0.25, 0.3) is 0 Å². The van der Waals surface area contributed by atoms with Crippen molar-refractivity contribution in [3.05, 3.63) is 6.33 Å². The Morgan fingerprint density at radius 1 is 1.67 bits per heavy atom. The van der Waals surface area contributed by atoms with E-state index in [0.717, 1.165) is 19.6 Å². The molecule has 1 rings (SSSR count). The normalized spacial score (nSPS) is 10.2. The number of rotatable bonds is 5. The summed E-state index contributed by atoms with van der Waals surface area (Å²) in [4.78, 5) is 5.80. The van der Waals surface area contributed by atoms with Crippen LogP contribution < -0.4 is 4.90 Å². The lowest BCUT2D eigenvalue weighted by Gasteiger charge is -2.12. The maximum Gasteiger partial charge on any atom is 0.323 e. The lowest BCUT2D eigenvalue weighted by atomic mass is 10.4.